The summed E-state index contributed by atoms with van der Waals surface area (Å²) in [7, 11) is 0. The normalized spacial score (nSPS) is 19.5. The molecule has 0 fully saturated rings. The third-order valence-corrected chi connectivity index (χ3v) is 6.67. The Hall–Kier alpha value is -2.58. The number of benzene rings is 2. The molecule has 3 aliphatic heterocycles. The average Bonchev–Trinajstić information content (AvgIpc) is 3.42. The Balaban J connectivity index is 1.44. The molecule has 1 atom stereocenters. The van der Waals surface area contributed by atoms with Gasteiger partial charge in [-0.2, -0.15) is 0 Å². The molecule has 0 spiro atoms. The van der Waals surface area contributed by atoms with E-state index < -0.39 is 0 Å². The van der Waals surface area contributed by atoms with E-state index in [-0.39, 0.29) is 12.2 Å². The van der Waals surface area contributed by atoms with Gasteiger partial charge in [0.05, 0.1) is 0 Å². The van der Waals surface area contributed by atoms with Crippen LogP contribution in [0.5, 0.6) is 11.5 Å². The number of fused-ring (bicyclic) bond motifs is 4. The number of hydrogen-bond donors (Lipinski definition) is 0. The molecule has 128 valence electrons. The van der Waals surface area contributed by atoms with Crippen molar-refractivity contribution in [2.75, 3.05) is 11.8 Å². The van der Waals surface area contributed by atoms with Crippen molar-refractivity contribution in [3.05, 3.63) is 64.5 Å². The van der Waals surface area contributed by atoms with E-state index in [1.54, 1.807) is 23.5 Å². The first kappa shape index (κ1) is 14.6. The smallest absolute Gasteiger partial charge is 0.231 e. The Morgan fingerprint density at radius 3 is 2.81 bits per heavy atom. The molecule has 8 heteroatoms. The van der Waals surface area contributed by atoms with Gasteiger partial charge in [0.1, 0.15) is 10.4 Å². The molecule has 3 aliphatic rings. The highest BCUT2D eigenvalue weighted by Crippen LogP contribution is 2.52. The van der Waals surface area contributed by atoms with Crippen molar-refractivity contribution in [2.45, 2.75) is 10.5 Å². The summed E-state index contributed by atoms with van der Waals surface area (Å²) >= 11 is 3.42. The van der Waals surface area contributed by atoms with E-state index in [0.29, 0.717) is 0 Å². The second-order valence-corrected chi connectivity index (χ2v) is 7.93. The summed E-state index contributed by atoms with van der Waals surface area (Å²) < 4.78 is 13.1. The summed E-state index contributed by atoms with van der Waals surface area (Å²) in [5, 5.41) is 15.4. The molecule has 6 rings (SSSR count). The van der Waals surface area contributed by atoms with E-state index in [1.165, 1.54) is 5.03 Å². The van der Waals surface area contributed by atoms with Gasteiger partial charge >= 0.3 is 0 Å². The summed E-state index contributed by atoms with van der Waals surface area (Å²) in [6.07, 6.45) is 0. The fourth-order valence-electron chi connectivity index (χ4n) is 3.29. The molecule has 6 nitrogen and oxygen atoms in total. The Morgan fingerprint density at radius 1 is 1.00 bits per heavy atom. The Labute approximate surface area is 157 Å². The van der Waals surface area contributed by atoms with Gasteiger partial charge in [-0.1, -0.05) is 48.2 Å². The molecule has 1 unspecified atom stereocenters. The SMILES string of the molecule is C1=C2Sc3nnc(-c4ccccc4)n3N2C(c2ccc3c(c2)OCO3)S1. The van der Waals surface area contributed by atoms with Crippen LogP contribution in [0.1, 0.15) is 10.9 Å². The lowest BCUT2D eigenvalue weighted by Crippen LogP contribution is -2.29. The number of aromatic nitrogens is 3. The monoisotopic (exact) mass is 380 g/mol. The lowest BCUT2D eigenvalue weighted by Gasteiger charge is -2.26. The average molecular weight is 380 g/mol. The minimum Gasteiger partial charge on any atom is -0.454 e. The fraction of sp³-hybridized carbons (Fsp3) is 0.111. The minimum atomic E-state index is 0.103. The summed E-state index contributed by atoms with van der Waals surface area (Å²) in [4.78, 5) is 0. The highest BCUT2D eigenvalue weighted by Gasteiger charge is 2.40. The van der Waals surface area contributed by atoms with Crippen LogP contribution in [0.3, 0.4) is 0 Å². The summed E-state index contributed by atoms with van der Waals surface area (Å²) in [6, 6.07) is 16.3. The number of rotatable bonds is 2. The highest BCUT2D eigenvalue weighted by atomic mass is 32.2. The summed E-state index contributed by atoms with van der Waals surface area (Å²) in [6.45, 7) is 0.285. The Kier molecular flexibility index (Phi) is 3.06. The predicted molar refractivity (Wildman–Crippen MR) is 101 cm³/mol. The molecule has 1 aromatic heterocycles. The van der Waals surface area contributed by atoms with Crippen LogP contribution in [-0.4, -0.2) is 21.7 Å². The zero-order valence-electron chi connectivity index (χ0n) is 13.4. The van der Waals surface area contributed by atoms with E-state index in [0.717, 1.165) is 33.6 Å². The number of ether oxygens (including phenoxy) is 2. The number of hydrogen-bond acceptors (Lipinski definition) is 7. The van der Waals surface area contributed by atoms with Crippen LogP contribution in [0.4, 0.5) is 0 Å². The Bertz CT molecular complexity index is 1050. The Morgan fingerprint density at radius 2 is 1.88 bits per heavy atom. The first-order chi connectivity index (χ1) is 12.9. The number of thioether (sulfide) groups is 2. The van der Waals surface area contributed by atoms with E-state index in [1.807, 2.05) is 24.3 Å². The van der Waals surface area contributed by atoms with E-state index in [2.05, 4.69) is 49.6 Å². The second-order valence-electron chi connectivity index (χ2n) is 5.99. The maximum absolute atomic E-state index is 5.55. The molecule has 0 N–H and O–H groups in total. The summed E-state index contributed by atoms with van der Waals surface area (Å²) in [5.41, 5.74) is 2.21. The quantitative estimate of drug-likeness (QED) is 0.667. The standard InChI is InChI=1S/C18H12N4O2S2/c1-2-4-11(5-3-1)16-19-20-18-22(16)21-15(26-18)9-25-17(21)12-6-7-13-14(8-12)24-10-23-13/h1-9,17H,10H2. The van der Waals surface area contributed by atoms with Gasteiger partial charge in [-0.3, -0.25) is 5.01 Å². The molecule has 26 heavy (non-hydrogen) atoms. The van der Waals surface area contributed by atoms with E-state index >= 15 is 0 Å². The fourth-order valence-corrected chi connectivity index (χ4v) is 5.51. The minimum absolute atomic E-state index is 0.103. The lowest BCUT2D eigenvalue weighted by atomic mass is 10.2. The molecule has 0 aliphatic carbocycles. The van der Waals surface area contributed by atoms with Crippen molar-refractivity contribution >= 4 is 23.5 Å². The predicted octanol–water partition coefficient (Wildman–Crippen LogP) is 3.96. The molecule has 0 saturated carbocycles. The number of nitrogens with zero attached hydrogens (tertiary/aromatic N) is 4. The van der Waals surface area contributed by atoms with E-state index in [9.17, 15) is 0 Å². The molecule has 0 saturated heterocycles. The van der Waals surface area contributed by atoms with Crippen LogP contribution in [0, 0.1) is 0 Å². The van der Waals surface area contributed by atoms with Crippen molar-refractivity contribution in [3.63, 3.8) is 0 Å². The molecule has 2 aromatic carbocycles. The van der Waals surface area contributed by atoms with Crippen molar-refractivity contribution in [2.24, 2.45) is 0 Å². The maximum atomic E-state index is 5.55. The largest absolute Gasteiger partial charge is 0.454 e. The zero-order chi connectivity index (χ0) is 17.1. The van der Waals surface area contributed by atoms with Gasteiger partial charge in [-0.25, -0.2) is 4.68 Å². The highest BCUT2D eigenvalue weighted by molar-refractivity contribution is 8.07. The topological polar surface area (TPSA) is 52.4 Å². The van der Waals surface area contributed by atoms with Gasteiger partial charge in [0.2, 0.25) is 11.9 Å². The van der Waals surface area contributed by atoms with Gasteiger partial charge in [0.25, 0.3) is 0 Å². The van der Waals surface area contributed by atoms with Crippen molar-refractivity contribution in [1.82, 2.24) is 14.9 Å². The molecule has 0 bridgehead atoms. The van der Waals surface area contributed by atoms with Crippen molar-refractivity contribution in [1.29, 1.82) is 0 Å². The van der Waals surface area contributed by atoms with Gasteiger partial charge < -0.3 is 9.47 Å². The zero-order valence-corrected chi connectivity index (χ0v) is 15.0. The van der Waals surface area contributed by atoms with Gasteiger partial charge in [0.15, 0.2) is 17.3 Å². The molecular formula is C18H12N4O2S2. The van der Waals surface area contributed by atoms with Gasteiger partial charge in [0, 0.05) is 11.0 Å². The van der Waals surface area contributed by atoms with Crippen LogP contribution >= 0.6 is 23.5 Å². The van der Waals surface area contributed by atoms with Gasteiger partial charge in [-0.15, -0.1) is 10.2 Å². The molecule has 4 heterocycles. The third kappa shape index (κ3) is 2.02. The first-order valence-electron chi connectivity index (χ1n) is 8.12. The molecule has 0 amide bonds. The lowest BCUT2D eigenvalue weighted by molar-refractivity contribution is 0.174. The summed E-state index contributed by atoms with van der Waals surface area (Å²) in [5.74, 6) is 2.45. The van der Waals surface area contributed by atoms with Crippen molar-refractivity contribution < 1.29 is 9.47 Å². The van der Waals surface area contributed by atoms with Crippen LogP contribution in [-0.2, 0) is 0 Å². The van der Waals surface area contributed by atoms with Gasteiger partial charge in [-0.05, 0) is 29.5 Å². The van der Waals surface area contributed by atoms with E-state index in [4.69, 9.17) is 9.47 Å². The van der Waals surface area contributed by atoms with Crippen LogP contribution in [0.2, 0.25) is 0 Å². The van der Waals surface area contributed by atoms with Crippen LogP contribution in [0.25, 0.3) is 11.4 Å². The first-order valence-corrected chi connectivity index (χ1v) is 9.88. The van der Waals surface area contributed by atoms with Crippen molar-refractivity contribution in [3.8, 4) is 22.9 Å². The second kappa shape index (κ2) is 5.46. The third-order valence-electron chi connectivity index (χ3n) is 4.48. The molecular weight excluding hydrogens is 368 g/mol. The maximum Gasteiger partial charge on any atom is 0.231 e. The van der Waals surface area contributed by atoms with Crippen LogP contribution < -0.4 is 14.5 Å². The molecule has 3 aromatic rings. The van der Waals surface area contributed by atoms with Crippen LogP contribution in [0.15, 0.2) is 64.1 Å². The molecule has 0 radical (unpaired) electrons.